The fourth-order valence-electron chi connectivity index (χ4n) is 3.28. The van der Waals surface area contributed by atoms with E-state index in [9.17, 15) is 0 Å². The predicted molar refractivity (Wildman–Crippen MR) is 74.2 cm³/mol. The van der Waals surface area contributed by atoms with Gasteiger partial charge in [0, 0.05) is 18.6 Å². The lowest BCUT2D eigenvalue weighted by Crippen LogP contribution is -2.42. The van der Waals surface area contributed by atoms with Gasteiger partial charge in [0.15, 0.2) is 0 Å². The molecule has 2 nitrogen and oxygen atoms in total. The smallest absolute Gasteiger partial charge is 0.00993 e. The van der Waals surface area contributed by atoms with Crippen molar-refractivity contribution in [1.29, 1.82) is 0 Å². The number of hydrogen-bond acceptors (Lipinski definition) is 2. The van der Waals surface area contributed by atoms with Crippen LogP contribution in [0.5, 0.6) is 0 Å². The van der Waals surface area contributed by atoms with Gasteiger partial charge in [0.05, 0.1) is 0 Å². The molecular weight excluding hydrogens is 208 g/mol. The summed E-state index contributed by atoms with van der Waals surface area (Å²) in [5.74, 6) is 1.78. The van der Waals surface area contributed by atoms with E-state index in [-0.39, 0.29) is 0 Å². The summed E-state index contributed by atoms with van der Waals surface area (Å²) in [6.07, 6.45) is 7.04. The summed E-state index contributed by atoms with van der Waals surface area (Å²) < 4.78 is 0. The zero-order valence-corrected chi connectivity index (χ0v) is 11.9. The number of nitrogens with zero attached hydrogens (tertiary/aromatic N) is 1. The first-order valence-corrected chi connectivity index (χ1v) is 7.63. The second-order valence-electron chi connectivity index (χ2n) is 6.60. The van der Waals surface area contributed by atoms with E-state index in [1.165, 1.54) is 51.7 Å². The Kier molecular flexibility index (Phi) is 4.87. The Balaban J connectivity index is 1.83. The SMILES string of the molecule is CC(C)CC(C)N(CC1CCNCC1)C1CC1. The summed E-state index contributed by atoms with van der Waals surface area (Å²) in [5, 5.41) is 3.48. The lowest BCUT2D eigenvalue weighted by Gasteiger charge is -2.35. The Bertz CT molecular complexity index is 217. The summed E-state index contributed by atoms with van der Waals surface area (Å²) in [6, 6.07) is 1.72. The van der Waals surface area contributed by atoms with Crippen molar-refractivity contribution in [1.82, 2.24) is 10.2 Å². The van der Waals surface area contributed by atoms with E-state index < -0.39 is 0 Å². The van der Waals surface area contributed by atoms with Gasteiger partial charge >= 0.3 is 0 Å². The highest BCUT2D eigenvalue weighted by molar-refractivity contribution is 4.89. The molecule has 1 saturated heterocycles. The van der Waals surface area contributed by atoms with Crippen LogP contribution in [0.15, 0.2) is 0 Å². The van der Waals surface area contributed by atoms with Crippen LogP contribution in [0.3, 0.4) is 0 Å². The van der Waals surface area contributed by atoms with Crippen molar-refractivity contribution in [3.63, 3.8) is 0 Å². The fourth-order valence-corrected chi connectivity index (χ4v) is 3.28. The minimum absolute atomic E-state index is 0.789. The molecule has 1 unspecified atom stereocenters. The maximum atomic E-state index is 3.48. The third-order valence-corrected chi connectivity index (χ3v) is 4.32. The third kappa shape index (κ3) is 4.26. The van der Waals surface area contributed by atoms with Gasteiger partial charge in [0.1, 0.15) is 0 Å². The maximum absolute atomic E-state index is 3.48. The van der Waals surface area contributed by atoms with E-state index in [2.05, 4.69) is 31.0 Å². The average molecular weight is 238 g/mol. The van der Waals surface area contributed by atoms with E-state index in [4.69, 9.17) is 0 Å². The zero-order chi connectivity index (χ0) is 12.3. The van der Waals surface area contributed by atoms with Crippen LogP contribution in [0, 0.1) is 11.8 Å². The van der Waals surface area contributed by atoms with Gasteiger partial charge in [0.25, 0.3) is 0 Å². The summed E-state index contributed by atoms with van der Waals surface area (Å²) in [7, 11) is 0. The largest absolute Gasteiger partial charge is 0.317 e. The molecule has 0 radical (unpaired) electrons. The standard InChI is InChI=1S/C15H30N2/c1-12(2)10-13(3)17(15-4-5-15)11-14-6-8-16-9-7-14/h12-16H,4-11H2,1-3H3. The first kappa shape index (κ1) is 13.4. The van der Waals surface area contributed by atoms with Crippen molar-refractivity contribution in [3.8, 4) is 0 Å². The lowest BCUT2D eigenvalue weighted by molar-refractivity contribution is 0.137. The highest BCUT2D eigenvalue weighted by atomic mass is 15.2. The summed E-state index contributed by atoms with van der Waals surface area (Å²) in [4.78, 5) is 2.83. The van der Waals surface area contributed by atoms with Crippen LogP contribution in [0.4, 0.5) is 0 Å². The molecule has 2 aliphatic rings. The summed E-state index contributed by atoms with van der Waals surface area (Å²) in [6.45, 7) is 11.0. The van der Waals surface area contributed by atoms with Crippen LogP contribution in [0.1, 0.15) is 52.9 Å². The Morgan fingerprint density at radius 1 is 1.06 bits per heavy atom. The first-order chi connectivity index (χ1) is 8.16. The zero-order valence-electron chi connectivity index (χ0n) is 11.9. The molecule has 1 aliphatic carbocycles. The maximum Gasteiger partial charge on any atom is 0.00993 e. The van der Waals surface area contributed by atoms with Gasteiger partial charge in [-0.2, -0.15) is 0 Å². The van der Waals surface area contributed by atoms with Crippen molar-refractivity contribution >= 4 is 0 Å². The third-order valence-electron chi connectivity index (χ3n) is 4.32. The van der Waals surface area contributed by atoms with Crippen molar-refractivity contribution in [2.24, 2.45) is 11.8 Å². The Morgan fingerprint density at radius 2 is 1.71 bits per heavy atom. The van der Waals surface area contributed by atoms with Crippen LogP contribution in [-0.2, 0) is 0 Å². The normalized spacial score (nSPS) is 24.5. The molecule has 100 valence electrons. The molecule has 17 heavy (non-hydrogen) atoms. The molecule has 1 N–H and O–H groups in total. The first-order valence-electron chi connectivity index (χ1n) is 7.63. The minimum atomic E-state index is 0.789. The van der Waals surface area contributed by atoms with Gasteiger partial charge in [-0.3, -0.25) is 4.90 Å². The van der Waals surface area contributed by atoms with Crippen LogP contribution in [-0.4, -0.2) is 36.6 Å². The Morgan fingerprint density at radius 3 is 2.24 bits per heavy atom. The van der Waals surface area contributed by atoms with Crippen molar-refractivity contribution in [2.45, 2.75) is 65.0 Å². The van der Waals surface area contributed by atoms with Crippen molar-refractivity contribution < 1.29 is 0 Å². The highest BCUT2D eigenvalue weighted by Crippen LogP contribution is 2.32. The van der Waals surface area contributed by atoms with Crippen LogP contribution >= 0.6 is 0 Å². The van der Waals surface area contributed by atoms with Crippen LogP contribution in [0.25, 0.3) is 0 Å². The average Bonchev–Trinajstić information content (AvgIpc) is 3.10. The number of rotatable bonds is 6. The van der Waals surface area contributed by atoms with Crippen LogP contribution < -0.4 is 5.32 Å². The molecule has 2 heteroatoms. The number of nitrogens with one attached hydrogen (secondary N) is 1. The van der Waals surface area contributed by atoms with Gasteiger partial charge in [-0.25, -0.2) is 0 Å². The molecular formula is C15H30N2. The van der Waals surface area contributed by atoms with E-state index >= 15 is 0 Å². The second-order valence-corrected chi connectivity index (χ2v) is 6.60. The molecule has 1 aliphatic heterocycles. The molecule has 2 fully saturated rings. The van der Waals surface area contributed by atoms with Crippen molar-refractivity contribution in [3.05, 3.63) is 0 Å². The predicted octanol–water partition coefficient (Wildman–Crippen LogP) is 2.89. The highest BCUT2D eigenvalue weighted by Gasteiger charge is 2.33. The van der Waals surface area contributed by atoms with Gasteiger partial charge in [0.2, 0.25) is 0 Å². The van der Waals surface area contributed by atoms with Gasteiger partial charge < -0.3 is 5.32 Å². The van der Waals surface area contributed by atoms with Gasteiger partial charge in [-0.15, -0.1) is 0 Å². The van der Waals surface area contributed by atoms with E-state index in [1.807, 2.05) is 0 Å². The molecule has 0 aromatic rings. The Hall–Kier alpha value is -0.0800. The fraction of sp³-hybridized carbons (Fsp3) is 1.00. The minimum Gasteiger partial charge on any atom is -0.317 e. The second kappa shape index (κ2) is 6.19. The quantitative estimate of drug-likeness (QED) is 0.765. The van der Waals surface area contributed by atoms with Gasteiger partial charge in [-0.1, -0.05) is 13.8 Å². The number of hydrogen-bond donors (Lipinski definition) is 1. The molecule has 2 rings (SSSR count). The number of piperidine rings is 1. The van der Waals surface area contributed by atoms with E-state index in [0.717, 1.165) is 23.9 Å². The molecule has 0 amide bonds. The topological polar surface area (TPSA) is 15.3 Å². The molecule has 0 spiro atoms. The molecule has 1 saturated carbocycles. The monoisotopic (exact) mass is 238 g/mol. The molecule has 1 heterocycles. The molecule has 0 aromatic heterocycles. The summed E-state index contributed by atoms with van der Waals surface area (Å²) >= 11 is 0. The Labute approximate surface area is 107 Å². The van der Waals surface area contributed by atoms with Crippen molar-refractivity contribution in [2.75, 3.05) is 19.6 Å². The van der Waals surface area contributed by atoms with Gasteiger partial charge in [-0.05, 0) is 64.0 Å². The molecule has 0 bridgehead atoms. The lowest BCUT2D eigenvalue weighted by atomic mass is 9.95. The molecule has 1 atom stereocenters. The van der Waals surface area contributed by atoms with E-state index in [1.54, 1.807) is 0 Å². The summed E-state index contributed by atoms with van der Waals surface area (Å²) in [5.41, 5.74) is 0. The van der Waals surface area contributed by atoms with Crippen LogP contribution in [0.2, 0.25) is 0 Å². The molecule has 0 aromatic carbocycles. The van der Waals surface area contributed by atoms with E-state index in [0.29, 0.717) is 0 Å².